The number of rotatable bonds is 6. The highest BCUT2D eigenvalue weighted by Gasteiger charge is 2.08. The highest BCUT2D eigenvalue weighted by molar-refractivity contribution is 6.30. The highest BCUT2D eigenvalue weighted by atomic mass is 35.5. The van der Waals surface area contributed by atoms with Gasteiger partial charge in [0.2, 0.25) is 0 Å². The molecule has 1 heterocycles. The lowest BCUT2D eigenvalue weighted by molar-refractivity contribution is 0.583. The molecule has 0 atom stereocenters. The Hall–Kier alpha value is -1.39. The van der Waals surface area contributed by atoms with Gasteiger partial charge in [-0.1, -0.05) is 24.6 Å². The van der Waals surface area contributed by atoms with Crippen molar-refractivity contribution in [2.75, 3.05) is 6.54 Å². The number of benzene rings is 1. The molecule has 108 valence electrons. The Labute approximate surface area is 123 Å². The molecule has 0 aliphatic heterocycles. The third-order valence-corrected chi connectivity index (χ3v) is 3.37. The Bertz CT molecular complexity index is 580. The maximum atomic E-state index is 13.8. The van der Waals surface area contributed by atoms with Crippen LogP contribution in [0.3, 0.4) is 0 Å². The van der Waals surface area contributed by atoms with Crippen molar-refractivity contribution in [1.29, 1.82) is 0 Å². The van der Waals surface area contributed by atoms with Crippen LogP contribution in [0.1, 0.15) is 30.2 Å². The second-order valence-corrected chi connectivity index (χ2v) is 5.29. The van der Waals surface area contributed by atoms with Crippen LogP contribution in [-0.4, -0.2) is 16.3 Å². The first-order chi connectivity index (χ1) is 9.60. The van der Waals surface area contributed by atoms with Gasteiger partial charge in [0.25, 0.3) is 0 Å². The molecule has 0 radical (unpaired) electrons. The average Bonchev–Trinajstić information content (AvgIpc) is 2.74. The van der Waals surface area contributed by atoms with Crippen LogP contribution in [-0.2, 0) is 13.1 Å². The normalized spacial score (nSPS) is 11.0. The number of aromatic nitrogens is 2. The van der Waals surface area contributed by atoms with E-state index >= 15 is 0 Å². The lowest BCUT2D eigenvalue weighted by atomic mass is 10.2. The van der Waals surface area contributed by atoms with Gasteiger partial charge in [0.15, 0.2) is 0 Å². The van der Waals surface area contributed by atoms with Crippen molar-refractivity contribution in [3.05, 3.63) is 52.1 Å². The minimum Gasteiger partial charge on any atom is -0.313 e. The maximum absolute atomic E-state index is 13.8. The van der Waals surface area contributed by atoms with E-state index < -0.39 is 0 Å². The molecule has 2 aromatic rings. The molecular formula is C15H19ClFN3. The van der Waals surface area contributed by atoms with E-state index in [-0.39, 0.29) is 5.82 Å². The Morgan fingerprint density at radius 2 is 2.15 bits per heavy atom. The molecule has 0 bridgehead atoms. The Morgan fingerprint density at radius 1 is 1.35 bits per heavy atom. The van der Waals surface area contributed by atoms with Crippen LogP contribution in [0.15, 0.2) is 24.4 Å². The smallest absolute Gasteiger partial charge is 0.129 e. The van der Waals surface area contributed by atoms with Gasteiger partial charge in [0.1, 0.15) is 5.82 Å². The molecule has 0 aliphatic rings. The van der Waals surface area contributed by atoms with E-state index in [1.807, 2.05) is 13.1 Å². The number of hydrogen-bond acceptors (Lipinski definition) is 2. The van der Waals surface area contributed by atoms with Crippen LogP contribution in [0, 0.1) is 12.7 Å². The first-order valence-electron chi connectivity index (χ1n) is 6.77. The average molecular weight is 296 g/mol. The fourth-order valence-electron chi connectivity index (χ4n) is 2.04. The largest absolute Gasteiger partial charge is 0.313 e. The van der Waals surface area contributed by atoms with Crippen LogP contribution in [0.25, 0.3) is 0 Å². The molecule has 0 saturated heterocycles. The van der Waals surface area contributed by atoms with Crippen molar-refractivity contribution in [1.82, 2.24) is 15.1 Å². The minimum absolute atomic E-state index is 0.295. The van der Waals surface area contributed by atoms with Crippen LogP contribution >= 0.6 is 11.6 Å². The molecule has 1 aromatic carbocycles. The summed E-state index contributed by atoms with van der Waals surface area (Å²) >= 11 is 5.75. The van der Waals surface area contributed by atoms with Crippen LogP contribution < -0.4 is 5.32 Å². The van der Waals surface area contributed by atoms with Crippen LogP contribution in [0.5, 0.6) is 0 Å². The summed E-state index contributed by atoms with van der Waals surface area (Å²) in [4.78, 5) is 0. The van der Waals surface area contributed by atoms with Crippen molar-refractivity contribution in [3.8, 4) is 0 Å². The van der Waals surface area contributed by atoms with Crippen molar-refractivity contribution in [2.45, 2.75) is 33.4 Å². The monoisotopic (exact) mass is 295 g/mol. The molecule has 0 fully saturated rings. The van der Waals surface area contributed by atoms with E-state index in [1.165, 1.54) is 6.07 Å². The van der Waals surface area contributed by atoms with Gasteiger partial charge in [-0.2, -0.15) is 5.10 Å². The molecule has 0 saturated carbocycles. The molecule has 1 aromatic heterocycles. The molecule has 0 aliphatic carbocycles. The zero-order valence-corrected chi connectivity index (χ0v) is 12.5. The predicted molar refractivity (Wildman–Crippen MR) is 79.5 cm³/mol. The topological polar surface area (TPSA) is 29.9 Å². The van der Waals surface area contributed by atoms with Gasteiger partial charge >= 0.3 is 0 Å². The van der Waals surface area contributed by atoms with Gasteiger partial charge in [-0.15, -0.1) is 0 Å². The summed E-state index contributed by atoms with van der Waals surface area (Å²) in [6.45, 7) is 6.29. The van der Waals surface area contributed by atoms with Gasteiger partial charge in [-0.05, 0) is 32.0 Å². The number of aryl methyl sites for hydroxylation is 1. The van der Waals surface area contributed by atoms with E-state index in [9.17, 15) is 4.39 Å². The summed E-state index contributed by atoms with van der Waals surface area (Å²) in [5.74, 6) is -0.295. The van der Waals surface area contributed by atoms with Crippen molar-refractivity contribution < 1.29 is 4.39 Å². The number of hydrogen-bond donors (Lipinski definition) is 1. The first-order valence-corrected chi connectivity index (χ1v) is 7.15. The Kier molecular flexibility index (Phi) is 5.15. The fraction of sp³-hybridized carbons (Fsp3) is 0.400. The summed E-state index contributed by atoms with van der Waals surface area (Å²) in [6.07, 6.45) is 3.06. The quantitative estimate of drug-likeness (QED) is 0.826. The second kappa shape index (κ2) is 6.86. The summed E-state index contributed by atoms with van der Waals surface area (Å²) in [7, 11) is 0. The molecular weight excluding hydrogens is 277 g/mol. The third-order valence-electron chi connectivity index (χ3n) is 3.14. The summed E-state index contributed by atoms with van der Waals surface area (Å²) < 4.78 is 15.5. The summed E-state index contributed by atoms with van der Waals surface area (Å²) in [5.41, 5.74) is 2.71. The van der Waals surface area contributed by atoms with Crippen LogP contribution in [0.4, 0.5) is 4.39 Å². The standard InChI is InChI=1S/C15H19ClFN3/c1-3-6-18-8-13-10-20(19-11(13)2)9-12-4-5-14(16)7-15(12)17/h4-5,7,10,18H,3,6,8-9H2,1-2H3. The maximum Gasteiger partial charge on any atom is 0.129 e. The molecule has 0 unspecified atom stereocenters. The van der Waals surface area contributed by atoms with E-state index in [4.69, 9.17) is 11.6 Å². The molecule has 3 nitrogen and oxygen atoms in total. The number of nitrogens with one attached hydrogen (secondary N) is 1. The molecule has 20 heavy (non-hydrogen) atoms. The molecule has 1 N–H and O–H groups in total. The van der Waals surface area contributed by atoms with Gasteiger partial charge in [-0.25, -0.2) is 4.39 Å². The first kappa shape index (κ1) is 15.0. The van der Waals surface area contributed by atoms with Crippen LogP contribution in [0.2, 0.25) is 5.02 Å². The minimum atomic E-state index is -0.295. The molecule has 2 rings (SSSR count). The third kappa shape index (κ3) is 3.81. The van der Waals surface area contributed by atoms with Gasteiger partial charge in [-0.3, -0.25) is 4.68 Å². The Balaban J connectivity index is 2.08. The lowest BCUT2D eigenvalue weighted by Gasteiger charge is -2.04. The van der Waals surface area contributed by atoms with Crippen molar-refractivity contribution in [3.63, 3.8) is 0 Å². The zero-order chi connectivity index (χ0) is 14.5. The zero-order valence-electron chi connectivity index (χ0n) is 11.8. The van der Waals surface area contributed by atoms with Gasteiger partial charge in [0.05, 0.1) is 12.2 Å². The molecule has 5 heteroatoms. The fourth-order valence-corrected chi connectivity index (χ4v) is 2.20. The Morgan fingerprint density at radius 3 is 2.85 bits per heavy atom. The van der Waals surface area contributed by atoms with Crippen molar-refractivity contribution >= 4 is 11.6 Å². The molecule has 0 amide bonds. The van der Waals surface area contributed by atoms with E-state index in [0.29, 0.717) is 17.1 Å². The SMILES string of the molecule is CCCNCc1cn(Cc2ccc(Cl)cc2F)nc1C. The summed E-state index contributed by atoms with van der Waals surface area (Å²) in [6, 6.07) is 4.72. The van der Waals surface area contributed by atoms with Gasteiger partial charge < -0.3 is 5.32 Å². The van der Waals surface area contributed by atoms with Gasteiger partial charge in [0, 0.05) is 28.9 Å². The second-order valence-electron chi connectivity index (χ2n) is 4.85. The number of halogens is 2. The van der Waals surface area contributed by atoms with Crippen molar-refractivity contribution in [2.24, 2.45) is 0 Å². The van der Waals surface area contributed by atoms with E-state index in [2.05, 4.69) is 17.3 Å². The number of nitrogens with zero attached hydrogens (tertiary/aromatic N) is 2. The van der Waals surface area contributed by atoms with E-state index in [1.54, 1.807) is 16.8 Å². The predicted octanol–water partition coefficient (Wildman–Crippen LogP) is 3.53. The van der Waals surface area contributed by atoms with E-state index in [0.717, 1.165) is 30.8 Å². The molecule has 0 spiro atoms. The highest BCUT2D eigenvalue weighted by Crippen LogP contribution is 2.16. The lowest BCUT2D eigenvalue weighted by Crippen LogP contribution is -2.13. The summed E-state index contributed by atoms with van der Waals surface area (Å²) in [5, 5.41) is 8.18.